The normalized spacial score (nSPS) is 11.3. The van der Waals surface area contributed by atoms with Gasteiger partial charge in [-0.2, -0.15) is 5.10 Å². The van der Waals surface area contributed by atoms with Crippen molar-refractivity contribution in [2.24, 2.45) is 5.10 Å². The third-order valence-corrected chi connectivity index (χ3v) is 4.01. The fourth-order valence-corrected chi connectivity index (χ4v) is 2.48. The zero-order valence-electron chi connectivity index (χ0n) is 12.0. The van der Waals surface area contributed by atoms with E-state index in [1.807, 2.05) is 30.5 Å². The van der Waals surface area contributed by atoms with Crippen molar-refractivity contribution in [2.75, 3.05) is 11.7 Å². The topological polar surface area (TPSA) is 67.5 Å². The summed E-state index contributed by atoms with van der Waals surface area (Å²) in [5.74, 6) is 0. The van der Waals surface area contributed by atoms with E-state index in [2.05, 4.69) is 10.5 Å². The first kappa shape index (κ1) is 16.3. The fourth-order valence-electron chi connectivity index (χ4n) is 1.86. The molecule has 0 aliphatic heterocycles. The lowest BCUT2D eigenvalue weighted by atomic mass is 10.2. The number of nitrogens with zero attached hydrogens (tertiary/aromatic N) is 2. The molecule has 0 spiro atoms. The molecule has 114 valence electrons. The van der Waals surface area contributed by atoms with Crippen LogP contribution in [0.2, 0.25) is 0 Å². The third-order valence-electron chi connectivity index (χ3n) is 2.98. The van der Waals surface area contributed by atoms with Gasteiger partial charge in [0, 0.05) is 22.1 Å². The fraction of sp³-hybridized carbons (Fsp3) is 0.133. The molecule has 0 bridgehead atoms. The van der Waals surface area contributed by atoms with Crippen LogP contribution in [0.25, 0.3) is 0 Å². The summed E-state index contributed by atoms with van der Waals surface area (Å²) in [4.78, 5) is 11.5. The molecule has 5 nitrogen and oxygen atoms in total. The van der Waals surface area contributed by atoms with Gasteiger partial charge >= 0.3 is 0 Å². The van der Waals surface area contributed by atoms with E-state index in [4.69, 9.17) is 11.6 Å². The van der Waals surface area contributed by atoms with E-state index < -0.39 is 4.92 Å². The number of hydrogen-bond donors (Lipinski definition) is 1. The molecule has 0 saturated carbocycles. The van der Waals surface area contributed by atoms with E-state index in [1.165, 1.54) is 6.07 Å². The molecule has 2 aromatic rings. The van der Waals surface area contributed by atoms with Crippen molar-refractivity contribution in [3.05, 3.63) is 63.7 Å². The van der Waals surface area contributed by atoms with E-state index in [-0.39, 0.29) is 5.69 Å². The Morgan fingerprint density at radius 2 is 2.09 bits per heavy atom. The van der Waals surface area contributed by atoms with Crippen LogP contribution in [0.5, 0.6) is 0 Å². The Labute approximate surface area is 137 Å². The van der Waals surface area contributed by atoms with E-state index in [1.54, 1.807) is 30.8 Å². The average Bonchev–Trinajstić information content (AvgIpc) is 2.52. The zero-order chi connectivity index (χ0) is 16.1. The number of thioether (sulfide) groups is 1. The smallest absolute Gasteiger partial charge is 0.272 e. The van der Waals surface area contributed by atoms with Crippen molar-refractivity contribution in [3.8, 4) is 0 Å². The number of nitro groups is 1. The SMILES string of the molecule is CSc1cccc(C(Cl)=NNc2ccc([N+](=O)[O-])c(C)c2)c1. The highest BCUT2D eigenvalue weighted by atomic mass is 35.5. The zero-order valence-corrected chi connectivity index (χ0v) is 13.6. The number of hydrogen-bond acceptors (Lipinski definition) is 5. The number of nitro benzene ring substituents is 1. The quantitative estimate of drug-likeness (QED) is 0.374. The van der Waals surface area contributed by atoms with Crippen LogP contribution < -0.4 is 5.43 Å². The number of aryl methyl sites for hydroxylation is 1. The van der Waals surface area contributed by atoms with E-state index in [0.717, 1.165) is 10.5 Å². The predicted molar refractivity (Wildman–Crippen MR) is 92.1 cm³/mol. The summed E-state index contributed by atoms with van der Waals surface area (Å²) in [7, 11) is 0. The van der Waals surface area contributed by atoms with Gasteiger partial charge in [0.05, 0.1) is 10.6 Å². The van der Waals surface area contributed by atoms with Crippen LogP contribution in [0.3, 0.4) is 0 Å². The Morgan fingerprint density at radius 3 is 2.73 bits per heavy atom. The number of nitrogens with one attached hydrogen (secondary N) is 1. The first-order valence-electron chi connectivity index (χ1n) is 6.40. The highest BCUT2D eigenvalue weighted by molar-refractivity contribution is 7.98. The Kier molecular flexibility index (Phi) is 5.41. The van der Waals surface area contributed by atoms with Crippen LogP contribution in [-0.2, 0) is 0 Å². The lowest BCUT2D eigenvalue weighted by molar-refractivity contribution is -0.385. The third kappa shape index (κ3) is 3.99. The van der Waals surface area contributed by atoms with Gasteiger partial charge < -0.3 is 0 Å². The molecule has 0 atom stereocenters. The second kappa shape index (κ2) is 7.29. The first-order valence-corrected chi connectivity index (χ1v) is 8.00. The molecule has 7 heteroatoms. The summed E-state index contributed by atoms with van der Waals surface area (Å²) >= 11 is 7.80. The first-order chi connectivity index (χ1) is 10.5. The summed E-state index contributed by atoms with van der Waals surface area (Å²) in [5.41, 5.74) is 4.90. The van der Waals surface area contributed by atoms with Crippen molar-refractivity contribution >= 4 is 39.9 Å². The molecule has 0 unspecified atom stereocenters. The molecule has 0 fully saturated rings. The van der Waals surface area contributed by atoms with E-state index in [9.17, 15) is 10.1 Å². The molecule has 22 heavy (non-hydrogen) atoms. The number of halogens is 1. The Hall–Kier alpha value is -2.05. The molecule has 0 heterocycles. The highest BCUT2D eigenvalue weighted by Gasteiger charge is 2.10. The second-order valence-corrected chi connectivity index (χ2v) is 5.74. The number of hydrazone groups is 1. The van der Waals surface area contributed by atoms with Crippen LogP contribution >= 0.6 is 23.4 Å². The average molecular weight is 336 g/mol. The van der Waals surface area contributed by atoms with Crippen LogP contribution in [0, 0.1) is 17.0 Å². The molecule has 1 N–H and O–H groups in total. The van der Waals surface area contributed by atoms with E-state index in [0.29, 0.717) is 16.4 Å². The van der Waals surface area contributed by atoms with Crippen LogP contribution in [0.15, 0.2) is 52.5 Å². The summed E-state index contributed by atoms with van der Waals surface area (Å²) in [6.07, 6.45) is 1.99. The summed E-state index contributed by atoms with van der Waals surface area (Å²) in [5, 5.41) is 15.2. The number of benzene rings is 2. The van der Waals surface area contributed by atoms with Gasteiger partial charge in [-0.3, -0.25) is 15.5 Å². The molecular weight excluding hydrogens is 322 g/mol. The van der Waals surface area contributed by atoms with Crippen molar-refractivity contribution in [3.63, 3.8) is 0 Å². The van der Waals surface area contributed by atoms with Crippen molar-refractivity contribution < 1.29 is 4.92 Å². The molecule has 0 aromatic heterocycles. The van der Waals surface area contributed by atoms with Gasteiger partial charge in [0.1, 0.15) is 0 Å². The van der Waals surface area contributed by atoms with Gasteiger partial charge in [0.2, 0.25) is 0 Å². The largest absolute Gasteiger partial charge is 0.277 e. The maximum Gasteiger partial charge on any atom is 0.272 e. The summed E-state index contributed by atoms with van der Waals surface area (Å²) < 4.78 is 0. The van der Waals surface area contributed by atoms with Crippen LogP contribution in [-0.4, -0.2) is 16.3 Å². The van der Waals surface area contributed by atoms with Gasteiger partial charge in [-0.25, -0.2) is 0 Å². The number of rotatable bonds is 5. The standard InChI is InChI=1S/C15H14ClN3O2S/c1-10-8-12(6-7-14(10)19(20)21)17-18-15(16)11-4-3-5-13(9-11)22-2/h3-9,17H,1-2H3. The molecule has 0 aliphatic carbocycles. The monoisotopic (exact) mass is 335 g/mol. The van der Waals surface area contributed by atoms with Crippen LogP contribution in [0.1, 0.15) is 11.1 Å². The second-order valence-electron chi connectivity index (χ2n) is 4.50. The Balaban J connectivity index is 2.16. The van der Waals surface area contributed by atoms with Crippen LogP contribution in [0.4, 0.5) is 11.4 Å². The van der Waals surface area contributed by atoms with Crippen molar-refractivity contribution in [2.45, 2.75) is 11.8 Å². The van der Waals surface area contributed by atoms with Gasteiger partial charge in [0.15, 0.2) is 5.17 Å². The molecule has 0 radical (unpaired) electrons. The Morgan fingerprint density at radius 1 is 1.32 bits per heavy atom. The van der Waals surface area contributed by atoms with Crippen molar-refractivity contribution in [1.29, 1.82) is 0 Å². The predicted octanol–water partition coefficient (Wildman–Crippen LogP) is 4.64. The van der Waals surface area contributed by atoms with Gasteiger partial charge in [0.25, 0.3) is 5.69 Å². The Bertz CT molecular complexity index is 734. The molecular formula is C15H14ClN3O2S. The minimum Gasteiger partial charge on any atom is -0.277 e. The highest BCUT2D eigenvalue weighted by Crippen LogP contribution is 2.22. The maximum absolute atomic E-state index is 10.8. The molecule has 0 saturated heterocycles. The molecule has 2 aromatic carbocycles. The minimum absolute atomic E-state index is 0.0771. The van der Waals surface area contributed by atoms with Gasteiger partial charge in [-0.15, -0.1) is 11.8 Å². The van der Waals surface area contributed by atoms with Gasteiger partial charge in [-0.05, 0) is 37.4 Å². The van der Waals surface area contributed by atoms with Crippen molar-refractivity contribution in [1.82, 2.24) is 0 Å². The summed E-state index contributed by atoms with van der Waals surface area (Å²) in [6, 6.07) is 12.4. The minimum atomic E-state index is -0.413. The summed E-state index contributed by atoms with van der Waals surface area (Å²) in [6.45, 7) is 1.68. The lowest BCUT2D eigenvalue weighted by Gasteiger charge is -2.05. The van der Waals surface area contributed by atoms with Gasteiger partial charge in [-0.1, -0.05) is 23.7 Å². The number of anilines is 1. The molecule has 2 rings (SSSR count). The van der Waals surface area contributed by atoms with E-state index >= 15 is 0 Å². The molecule has 0 amide bonds. The lowest BCUT2D eigenvalue weighted by Crippen LogP contribution is -1.98. The maximum atomic E-state index is 10.8. The molecule has 0 aliphatic rings.